The van der Waals surface area contributed by atoms with Crippen LogP contribution >= 0.6 is 0 Å². The van der Waals surface area contributed by atoms with E-state index in [0.29, 0.717) is 17.5 Å². The van der Waals surface area contributed by atoms with Gasteiger partial charge in [0.25, 0.3) is 0 Å². The molecule has 2 atom stereocenters. The Morgan fingerprint density at radius 1 is 1.20 bits per heavy atom. The van der Waals surface area contributed by atoms with Gasteiger partial charge in [-0.15, -0.1) is 0 Å². The lowest BCUT2D eigenvalue weighted by Crippen LogP contribution is -2.60. The first-order chi connectivity index (χ1) is 9.47. The van der Waals surface area contributed by atoms with E-state index < -0.39 is 0 Å². The zero-order valence-corrected chi connectivity index (χ0v) is 13.7. The topological polar surface area (TPSA) is 15.3 Å². The second kappa shape index (κ2) is 6.17. The number of aryl methyl sites for hydroxylation is 1. The molecule has 112 valence electrons. The fraction of sp³-hybridized carbons (Fsp3) is 0.667. The number of nitrogens with one attached hydrogen (secondary N) is 1. The van der Waals surface area contributed by atoms with Gasteiger partial charge in [0, 0.05) is 30.9 Å². The van der Waals surface area contributed by atoms with Gasteiger partial charge < -0.3 is 10.2 Å². The molecule has 0 saturated carbocycles. The van der Waals surface area contributed by atoms with Gasteiger partial charge in [0.15, 0.2) is 0 Å². The minimum Gasteiger partial charge on any atom is -0.365 e. The number of anilines is 1. The molecule has 1 heterocycles. The summed E-state index contributed by atoms with van der Waals surface area (Å²) < 4.78 is 0. The second-order valence-corrected chi connectivity index (χ2v) is 7.02. The Morgan fingerprint density at radius 3 is 2.50 bits per heavy atom. The molecule has 1 saturated heterocycles. The summed E-state index contributed by atoms with van der Waals surface area (Å²) >= 11 is 0. The fourth-order valence-corrected chi connectivity index (χ4v) is 3.13. The van der Waals surface area contributed by atoms with E-state index in [4.69, 9.17) is 0 Å². The predicted octanol–water partition coefficient (Wildman–Crippen LogP) is 3.85. The molecule has 1 fully saturated rings. The van der Waals surface area contributed by atoms with Crippen molar-refractivity contribution in [1.82, 2.24) is 5.32 Å². The maximum absolute atomic E-state index is 3.76. The van der Waals surface area contributed by atoms with Crippen molar-refractivity contribution in [3.63, 3.8) is 0 Å². The van der Waals surface area contributed by atoms with Gasteiger partial charge in [-0.2, -0.15) is 0 Å². The van der Waals surface area contributed by atoms with Gasteiger partial charge in [-0.05, 0) is 29.9 Å². The first-order valence-corrected chi connectivity index (χ1v) is 8.05. The van der Waals surface area contributed by atoms with Crippen LogP contribution < -0.4 is 10.2 Å². The number of hydrogen-bond acceptors (Lipinski definition) is 2. The van der Waals surface area contributed by atoms with Crippen molar-refractivity contribution in [3.8, 4) is 0 Å². The number of piperazine rings is 1. The third kappa shape index (κ3) is 3.17. The van der Waals surface area contributed by atoms with Gasteiger partial charge in [-0.25, -0.2) is 0 Å². The highest BCUT2D eigenvalue weighted by atomic mass is 15.2. The van der Waals surface area contributed by atoms with Crippen molar-refractivity contribution in [2.24, 2.45) is 5.41 Å². The molecule has 0 bridgehead atoms. The normalized spacial score (nSPS) is 23.9. The summed E-state index contributed by atoms with van der Waals surface area (Å²) in [6, 6.07) is 10.1. The van der Waals surface area contributed by atoms with Crippen LogP contribution in [-0.4, -0.2) is 25.2 Å². The molecule has 0 amide bonds. The highest BCUT2D eigenvalue weighted by Gasteiger charge is 2.33. The maximum Gasteiger partial charge on any atom is 0.0412 e. The monoisotopic (exact) mass is 274 g/mol. The Morgan fingerprint density at radius 2 is 1.90 bits per heavy atom. The summed E-state index contributed by atoms with van der Waals surface area (Å²) in [6.45, 7) is 13.8. The van der Waals surface area contributed by atoms with E-state index in [9.17, 15) is 0 Å². The smallest absolute Gasteiger partial charge is 0.0412 e. The van der Waals surface area contributed by atoms with Crippen molar-refractivity contribution in [2.75, 3.05) is 18.0 Å². The zero-order chi connectivity index (χ0) is 14.8. The van der Waals surface area contributed by atoms with E-state index in [1.807, 2.05) is 0 Å². The van der Waals surface area contributed by atoms with Crippen molar-refractivity contribution >= 4 is 5.69 Å². The number of para-hydroxylation sites is 1. The minimum absolute atomic E-state index is 0.304. The number of benzene rings is 1. The van der Waals surface area contributed by atoms with Crippen LogP contribution in [0.4, 0.5) is 5.69 Å². The van der Waals surface area contributed by atoms with Crippen LogP contribution in [0.5, 0.6) is 0 Å². The molecular weight excluding hydrogens is 244 g/mol. The summed E-state index contributed by atoms with van der Waals surface area (Å²) in [6.07, 6.45) is 2.30. The van der Waals surface area contributed by atoms with E-state index in [-0.39, 0.29) is 0 Å². The molecule has 1 aromatic rings. The van der Waals surface area contributed by atoms with Crippen LogP contribution in [0.1, 0.15) is 46.6 Å². The van der Waals surface area contributed by atoms with Crippen LogP contribution in [-0.2, 0) is 6.42 Å². The van der Waals surface area contributed by atoms with Gasteiger partial charge in [-0.1, -0.05) is 52.8 Å². The van der Waals surface area contributed by atoms with E-state index in [0.717, 1.165) is 19.5 Å². The molecule has 1 aliphatic rings. The Balaban J connectivity index is 2.29. The number of nitrogens with zero attached hydrogens (tertiary/aromatic N) is 1. The van der Waals surface area contributed by atoms with Gasteiger partial charge in [0.2, 0.25) is 0 Å². The fourth-order valence-electron chi connectivity index (χ4n) is 3.13. The van der Waals surface area contributed by atoms with Crippen molar-refractivity contribution in [1.29, 1.82) is 0 Å². The van der Waals surface area contributed by atoms with Gasteiger partial charge in [-0.3, -0.25) is 0 Å². The Labute approximate surface area is 124 Å². The average Bonchev–Trinajstić information content (AvgIpc) is 2.45. The lowest BCUT2D eigenvalue weighted by atomic mass is 9.84. The lowest BCUT2D eigenvalue weighted by Gasteiger charge is -2.46. The molecule has 2 unspecified atom stereocenters. The van der Waals surface area contributed by atoms with Crippen LogP contribution in [0.15, 0.2) is 24.3 Å². The van der Waals surface area contributed by atoms with Crippen LogP contribution in [0.3, 0.4) is 0 Å². The number of hydrogen-bond donors (Lipinski definition) is 1. The molecule has 2 heteroatoms. The van der Waals surface area contributed by atoms with Crippen molar-refractivity contribution in [2.45, 2.75) is 59.5 Å². The van der Waals surface area contributed by atoms with Gasteiger partial charge in [0.05, 0.1) is 0 Å². The number of rotatable bonds is 3. The first-order valence-electron chi connectivity index (χ1n) is 8.05. The Kier molecular flexibility index (Phi) is 4.74. The Bertz CT molecular complexity index is 433. The standard InChI is InChI=1S/C18H30N2/c1-6-14-10-8-9-11-16(14)20-13-17(18(3,4)5)19-12-15(20)7-2/h8-11,15,17,19H,6-7,12-13H2,1-5H3. The highest BCUT2D eigenvalue weighted by molar-refractivity contribution is 5.55. The van der Waals surface area contributed by atoms with E-state index in [1.54, 1.807) is 0 Å². The molecule has 20 heavy (non-hydrogen) atoms. The minimum atomic E-state index is 0.304. The van der Waals surface area contributed by atoms with Crippen LogP contribution in [0, 0.1) is 5.41 Å². The summed E-state index contributed by atoms with van der Waals surface area (Å²) in [5.41, 5.74) is 3.22. The average molecular weight is 274 g/mol. The quantitative estimate of drug-likeness (QED) is 0.900. The Hall–Kier alpha value is -1.02. The van der Waals surface area contributed by atoms with Crippen LogP contribution in [0.2, 0.25) is 0 Å². The molecule has 0 spiro atoms. The molecule has 0 aromatic heterocycles. The molecule has 0 radical (unpaired) electrons. The first kappa shape index (κ1) is 15.4. The zero-order valence-electron chi connectivity index (χ0n) is 13.7. The molecule has 0 aliphatic carbocycles. The lowest BCUT2D eigenvalue weighted by molar-refractivity contribution is 0.233. The summed E-state index contributed by atoms with van der Waals surface area (Å²) in [5.74, 6) is 0. The third-order valence-corrected chi connectivity index (χ3v) is 4.62. The molecule has 1 aliphatic heterocycles. The largest absolute Gasteiger partial charge is 0.365 e. The van der Waals surface area contributed by atoms with Crippen molar-refractivity contribution < 1.29 is 0 Å². The molecule has 1 N–H and O–H groups in total. The second-order valence-electron chi connectivity index (χ2n) is 7.02. The summed E-state index contributed by atoms with van der Waals surface area (Å²) in [4.78, 5) is 2.64. The van der Waals surface area contributed by atoms with E-state index in [1.165, 1.54) is 17.7 Å². The van der Waals surface area contributed by atoms with Gasteiger partial charge in [0.1, 0.15) is 0 Å². The van der Waals surface area contributed by atoms with E-state index in [2.05, 4.69) is 69.1 Å². The summed E-state index contributed by atoms with van der Waals surface area (Å²) in [5, 5.41) is 3.76. The van der Waals surface area contributed by atoms with Gasteiger partial charge >= 0.3 is 0 Å². The van der Waals surface area contributed by atoms with Crippen molar-refractivity contribution in [3.05, 3.63) is 29.8 Å². The van der Waals surface area contributed by atoms with E-state index >= 15 is 0 Å². The maximum atomic E-state index is 3.76. The summed E-state index contributed by atoms with van der Waals surface area (Å²) in [7, 11) is 0. The molecular formula is C18H30N2. The molecule has 2 nitrogen and oxygen atoms in total. The SMILES string of the molecule is CCc1ccccc1N1CC(C(C)(C)C)NCC1CC. The third-order valence-electron chi connectivity index (χ3n) is 4.62. The highest BCUT2D eigenvalue weighted by Crippen LogP contribution is 2.30. The predicted molar refractivity (Wildman–Crippen MR) is 88.5 cm³/mol. The molecule has 2 rings (SSSR count). The molecule has 1 aromatic carbocycles. The van der Waals surface area contributed by atoms with Crippen LogP contribution in [0.25, 0.3) is 0 Å².